The Kier molecular flexibility index (Phi) is 6.11. The number of carbonyl (C=O) groups is 2. The van der Waals surface area contributed by atoms with Gasteiger partial charge in [0, 0.05) is 17.5 Å². The summed E-state index contributed by atoms with van der Waals surface area (Å²) in [5.74, 6) is 0.653. The molecule has 7 heteroatoms. The summed E-state index contributed by atoms with van der Waals surface area (Å²) in [5.41, 5.74) is 4.77. The molecule has 0 fully saturated rings. The molecular weight excluding hydrogens is 398 g/mol. The quantitative estimate of drug-likeness (QED) is 0.587. The second-order valence-corrected chi connectivity index (χ2v) is 7.61. The molecule has 2 aromatic carbocycles. The largest absolute Gasteiger partial charge is 0.486 e. The number of esters is 1. The highest BCUT2D eigenvalue weighted by Crippen LogP contribution is 2.30. The maximum absolute atomic E-state index is 12.2. The first-order valence-corrected chi connectivity index (χ1v) is 10.3. The highest BCUT2D eigenvalue weighted by Gasteiger charge is 2.15. The van der Waals surface area contributed by atoms with E-state index in [1.165, 1.54) is 0 Å². The van der Waals surface area contributed by atoms with Crippen molar-refractivity contribution in [1.82, 2.24) is 5.32 Å². The number of rotatable bonds is 7. The molecule has 0 unspecified atom stereocenters. The minimum Gasteiger partial charge on any atom is -0.486 e. The fourth-order valence-electron chi connectivity index (χ4n) is 3.47. The molecular formula is C24H25NO6. The normalized spacial score (nSPS) is 12.6. The first-order chi connectivity index (χ1) is 15.0. The third-order valence-corrected chi connectivity index (χ3v) is 5.31. The molecule has 1 N–H and O–H groups in total. The van der Waals surface area contributed by atoms with Gasteiger partial charge in [0.1, 0.15) is 18.8 Å². The zero-order chi connectivity index (χ0) is 21.8. The van der Waals surface area contributed by atoms with Crippen molar-refractivity contribution in [3.63, 3.8) is 0 Å². The maximum atomic E-state index is 12.2. The Hall–Kier alpha value is -3.48. The van der Waals surface area contributed by atoms with Gasteiger partial charge in [-0.05, 0) is 61.2 Å². The summed E-state index contributed by atoms with van der Waals surface area (Å²) in [7, 11) is 0. The van der Waals surface area contributed by atoms with Crippen LogP contribution < -0.4 is 14.8 Å². The van der Waals surface area contributed by atoms with Gasteiger partial charge in [0.2, 0.25) is 0 Å². The average Bonchev–Trinajstić information content (AvgIpc) is 3.13. The van der Waals surface area contributed by atoms with E-state index < -0.39 is 5.97 Å². The molecule has 0 radical (unpaired) electrons. The van der Waals surface area contributed by atoms with Gasteiger partial charge in [0.25, 0.3) is 5.91 Å². The zero-order valence-electron chi connectivity index (χ0n) is 17.7. The number of ether oxygens (including phenoxy) is 3. The molecule has 1 amide bonds. The number of amides is 1. The van der Waals surface area contributed by atoms with E-state index in [-0.39, 0.29) is 18.9 Å². The summed E-state index contributed by atoms with van der Waals surface area (Å²) in [6.45, 7) is 5.23. The van der Waals surface area contributed by atoms with Gasteiger partial charge in [-0.1, -0.05) is 6.07 Å². The van der Waals surface area contributed by atoms with E-state index in [0.717, 1.165) is 44.7 Å². The zero-order valence-corrected chi connectivity index (χ0v) is 17.7. The van der Waals surface area contributed by atoms with Crippen LogP contribution in [0.1, 0.15) is 22.3 Å². The number of aryl methyl sites for hydroxylation is 2. The monoisotopic (exact) mass is 423 g/mol. The SMILES string of the molecule is Cc1cc2occ(CC(=O)OCC(=O)NCCc3ccc4c(c3)OCCO4)c2cc1C. The molecule has 1 aliphatic rings. The summed E-state index contributed by atoms with van der Waals surface area (Å²) in [4.78, 5) is 24.2. The summed E-state index contributed by atoms with van der Waals surface area (Å²) in [6, 6.07) is 9.68. The molecule has 0 spiro atoms. The van der Waals surface area contributed by atoms with Gasteiger partial charge in [-0.25, -0.2) is 0 Å². The van der Waals surface area contributed by atoms with E-state index in [1.807, 2.05) is 44.2 Å². The van der Waals surface area contributed by atoms with Crippen LogP contribution in [0.5, 0.6) is 11.5 Å². The number of nitrogens with one attached hydrogen (secondary N) is 1. The predicted octanol–water partition coefficient (Wildman–Crippen LogP) is 3.27. The Morgan fingerprint density at radius 1 is 1.03 bits per heavy atom. The summed E-state index contributed by atoms with van der Waals surface area (Å²) in [5, 5.41) is 3.65. The van der Waals surface area contributed by atoms with Gasteiger partial charge in [-0.2, -0.15) is 0 Å². The van der Waals surface area contributed by atoms with Crippen molar-refractivity contribution in [3.8, 4) is 11.5 Å². The molecule has 4 rings (SSSR count). The van der Waals surface area contributed by atoms with Gasteiger partial charge in [0.15, 0.2) is 18.1 Å². The van der Waals surface area contributed by atoms with Crippen molar-refractivity contribution in [2.75, 3.05) is 26.4 Å². The van der Waals surface area contributed by atoms with Gasteiger partial charge in [-0.15, -0.1) is 0 Å². The van der Waals surface area contributed by atoms with Crippen molar-refractivity contribution in [1.29, 1.82) is 0 Å². The topological polar surface area (TPSA) is 87.0 Å². The predicted molar refractivity (Wildman–Crippen MR) is 114 cm³/mol. The molecule has 0 bridgehead atoms. The van der Waals surface area contributed by atoms with Crippen molar-refractivity contribution in [3.05, 3.63) is 58.8 Å². The average molecular weight is 423 g/mol. The molecule has 0 saturated carbocycles. The lowest BCUT2D eigenvalue weighted by Crippen LogP contribution is -2.30. The lowest BCUT2D eigenvalue weighted by molar-refractivity contribution is -0.147. The van der Waals surface area contributed by atoms with E-state index in [1.54, 1.807) is 6.26 Å². The lowest BCUT2D eigenvalue weighted by atomic mass is 10.0. The Morgan fingerprint density at radius 2 is 1.81 bits per heavy atom. The minimum atomic E-state index is -0.470. The molecule has 7 nitrogen and oxygen atoms in total. The molecule has 31 heavy (non-hydrogen) atoms. The number of carbonyl (C=O) groups excluding carboxylic acids is 2. The van der Waals surface area contributed by atoms with Crippen LogP contribution in [0.3, 0.4) is 0 Å². The number of hydrogen-bond donors (Lipinski definition) is 1. The number of benzene rings is 2. The summed E-state index contributed by atoms with van der Waals surface area (Å²) in [6.07, 6.45) is 2.26. The van der Waals surface area contributed by atoms with Crippen LogP contribution in [0, 0.1) is 13.8 Å². The fourth-order valence-corrected chi connectivity index (χ4v) is 3.47. The van der Waals surface area contributed by atoms with E-state index >= 15 is 0 Å². The van der Waals surface area contributed by atoms with Crippen molar-refractivity contribution in [2.24, 2.45) is 0 Å². The molecule has 0 atom stereocenters. The standard InChI is InChI=1S/C24H25NO6/c1-15-9-19-18(13-30-21(19)10-16(15)2)12-24(27)31-14-23(26)25-6-5-17-3-4-20-22(11-17)29-8-7-28-20/h3-4,9-11,13H,5-8,12,14H2,1-2H3,(H,25,26). The Morgan fingerprint density at radius 3 is 2.65 bits per heavy atom. The second kappa shape index (κ2) is 9.12. The van der Waals surface area contributed by atoms with Gasteiger partial charge < -0.3 is 23.9 Å². The van der Waals surface area contributed by atoms with Gasteiger partial charge in [0.05, 0.1) is 12.7 Å². The summed E-state index contributed by atoms with van der Waals surface area (Å²) >= 11 is 0. The molecule has 1 aliphatic heterocycles. The van der Waals surface area contributed by atoms with Crippen LogP contribution in [-0.4, -0.2) is 38.2 Å². The number of fused-ring (bicyclic) bond motifs is 2. The van der Waals surface area contributed by atoms with Crippen LogP contribution in [0.2, 0.25) is 0 Å². The second-order valence-electron chi connectivity index (χ2n) is 7.61. The molecule has 0 saturated heterocycles. The van der Waals surface area contributed by atoms with Crippen LogP contribution in [-0.2, 0) is 27.2 Å². The highest BCUT2D eigenvalue weighted by molar-refractivity contribution is 5.87. The Balaban J connectivity index is 1.22. The summed E-state index contributed by atoms with van der Waals surface area (Å²) < 4.78 is 21.7. The lowest BCUT2D eigenvalue weighted by Gasteiger charge is -2.18. The van der Waals surface area contributed by atoms with Crippen LogP contribution in [0.4, 0.5) is 0 Å². The fraction of sp³-hybridized carbons (Fsp3) is 0.333. The smallest absolute Gasteiger partial charge is 0.310 e. The third kappa shape index (κ3) is 4.99. The van der Waals surface area contributed by atoms with Crippen LogP contribution >= 0.6 is 0 Å². The maximum Gasteiger partial charge on any atom is 0.310 e. The third-order valence-electron chi connectivity index (χ3n) is 5.31. The Bertz CT molecular complexity index is 1120. The molecule has 162 valence electrons. The van der Waals surface area contributed by atoms with Crippen molar-refractivity contribution >= 4 is 22.8 Å². The molecule has 2 heterocycles. The highest BCUT2D eigenvalue weighted by atomic mass is 16.6. The van der Waals surface area contributed by atoms with Crippen molar-refractivity contribution in [2.45, 2.75) is 26.7 Å². The van der Waals surface area contributed by atoms with E-state index in [2.05, 4.69) is 5.32 Å². The van der Waals surface area contributed by atoms with Crippen LogP contribution in [0.25, 0.3) is 11.0 Å². The first-order valence-electron chi connectivity index (χ1n) is 10.3. The molecule has 3 aromatic rings. The van der Waals surface area contributed by atoms with E-state index in [4.69, 9.17) is 18.6 Å². The van der Waals surface area contributed by atoms with Gasteiger partial charge >= 0.3 is 5.97 Å². The Labute approximate surface area is 180 Å². The molecule has 1 aromatic heterocycles. The van der Waals surface area contributed by atoms with E-state index in [9.17, 15) is 9.59 Å². The first kappa shape index (κ1) is 20.8. The number of hydrogen-bond acceptors (Lipinski definition) is 6. The molecule has 0 aliphatic carbocycles. The number of furan rings is 1. The minimum absolute atomic E-state index is 0.0555. The van der Waals surface area contributed by atoms with E-state index in [0.29, 0.717) is 26.2 Å². The van der Waals surface area contributed by atoms with Crippen molar-refractivity contribution < 1.29 is 28.2 Å². The van der Waals surface area contributed by atoms with Crippen LogP contribution in [0.15, 0.2) is 41.0 Å². The van der Waals surface area contributed by atoms with Gasteiger partial charge in [-0.3, -0.25) is 9.59 Å².